The molecule has 0 aromatic heterocycles. The fraction of sp³-hybridized carbons (Fsp3) is 0.709. The molecular formula is C55H94O5. The first-order valence-electron chi connectivity index (χ1n) is 25.1. The molecule has 1 atom stereocenters. The molecule has 0 bridgehead atoms. The van der Waals surface area contributed by atoms with E-state index in [-0.39, 0.29) is 25.2 Å². The van der Waals surface area contributed by atoms with Crippen LogP contribution in [0.3, 0.4) is 0 Å². The molecule has 344 valence electrons. The molecular weight excluding hydrogens is 741 g/mol. The third-order valence-corrected chi connectivity index (χ3v) is 10.4. The van der Waals surface area contributed by atoms with Gasteiger partial charge in [0.25, 0.3) is 0 Å². The SMILES string of the molecule is CC/C=C\C/C=C\C/C=C\C/C=C\C/C=C\CCCCCCOCC(COC(=O)CCCCCCCCC/C=C\C/C=C\CCCCC)OC(=O)CCCCCCCCC. The highest BCUT2D eigenvalue weighted by Gasteiger charge is 2.17. The van der Waals surface area contributed by atoms with Crippen molar-refractivity contribution in [1.82, 2.24) is 0 Å². The third kappa shape index (κ3) is 47.8. The molecule has 0 amide bonds. The van der Waals surface area contributed by atoms with Crippen LogP contribution < -0.4 is 0 Å². The first-order chi connectivity index (χ1) is 29.6. The molecule has 0 fully saturated rings. The third-order valence-electron chi connectivity index (χ3n) is 10.4. The molecule has 0 aliphatic rings. The minimum Gasteiger partial charge on any atom is -0.462 e. The van der Waals surface area contributed by atoms with Gasteiger partial charge in [-0.1, -0.05) is 202 Å². The van der Waals surface area contributed by atoms with Crippen molar-refractivity contribution in [2.24, 2.45) is 0 Å². The summed E-state index contributed by atoms with van der Waals surface area (Å²) < 4.78 is 17.3. The summed E-state index contributed by atoms with van der Waals surface area (Å²) in [6, 6.07) is 0. The van der Waals surface area contributed by atoms with Crippen LogP contribution in [-0.4, -0.2) is 37.9 Å². The summed E-state index contributed by atoms with van der Waals surface area (Å²) in [5.41, 5.74) is 0. The maximum atomic E-state index is 12.7. The lowest BCUT2D eigenvalue weighted by molar-refractivity contribution is -0.163. The van der Waals surface area contributed by atoms with Gasteiger partial charge < -0.3 is 14.2 Å². The zero-order chi connectivity index (χ0) is 43.5. The van der Waals surface area contributed by atoms with Crippen LogP contribution in [0.4, 0.5) is 0 Å². The van der Waals surface area contributed by atoms with Crippen LogP contribution in [-0.2, 0) is 23.8 Å². The second-order valence-corrected chi connectivity index (χ2v) is 16.3. The van der Waals surface area contributed by atoms with Crippen molar-refractivity contribution in [3.05, 3.63) is 85.1 Å². The van der Waals surface area contributed by atoms with Gasteiger partial charge in [0.2, 0.25) is 0 Å². The monoisotopic (exact) mass is 835 g/mol. The summed E-state index contributed by atoms with van der Waals surface area (Å²) in [7, 11) is 0. The maximum Gasteiger partial charge on any atom is 0.306 e. The predicted octanol–water partition coefficient (Wildman–Crippen LogP) is 16.9. The van der Waals surface area contributed by atoms with Gasteiger partial charge >= 0.3 is 11.9 Å². The van der Waals surface area contributed by atoms with E-state index >= 15 is 0 Å². The Morgan fingerprint density at radius 1 is 0.383 bits per heavy atom. The van der Waals surface area contributed by atoms with Crippen molar-refractivity contribution in [3.63, 3.8) is 0 Å². The smallest absolute Gasteiger partial charge is 0.306 e. The normalized spacial score (nSPS) is 12.9. The van der Waals surface area contributed by atoms with Gasteiger partial charge in [-0.15, -0.1) is 0 Å². The molecule has 1 unspecified atom stereocenters. The van der Waals surface area contributed by atoms with Crippen LogP contribution in [0.25, 0.3) is 0 Å². The summed E-state index contributed by atoms with van der Waals surface area (Å²) in [5.74, 6) is -0.428. The quantitative estimate of drug-likeness (QED) is 0.0347. The van der Waals surface area contributed by atoms with E-state index in [4.69, 9.17) is 14.2 Å². The molecule has 0 radical (unpaired) electrons. The lowest BCUT2D eigenvalue weighted by atomic mass is 10.1. The fourth-order valence-corrected chi connectivity index (χ4v) is 6.68. The van der Waals surface area contributed by atoms with E-state index in [0.717, 1.165) is 96.3 Å². The van der Waals surface area contributed by atoms with Gasteiger partial charge in [-0.3, -0.25) is 9.59 Å². The van der Waals surface area contributed by atoms with E-state index in [2.05, 4.69) is 106 Å². The minimum atomic E-state index is -0.553. The number of unbranched alkanes of at least 4 members (excludes halogenated alkanes) is 20. The number of carbonyl (C=O) groups excluding carboxylic acids is 2. The first-order valence-corrected chi connectivity index (χ1v) is 25.1. The Labute approximate surface area is 371 Å². The Kier molecular flexibility index (Phi) is 48.0. The molecule has 0 saturated carbocycles. The Hall–Kier alpha value is -2.92. The van der Waals surface area contributed by atoms with E-state index in [1.165, 1.54) is 96.3 Å². The molecule has 0 spiro atoms. The number of ether oxygens (including phenoxy) is 3. The van der Waals surface area contributed by atoms with Crippen LogP contribution in [0.5, 0.6) is 0 Å². The number of allylic oxidation sites excluding steroid dienone is 14. The molecule has 0 saturated heterocycles. The Morgan fingerprint density at radius 2 is 0.750 bits per heavy atom. The molecule has 0 rings (SSSR count). The predicted molar refractivity (Wildman–Crippen MR) is 260 cm³/mol. The fourth-order valence-electron chi connectivity index (χ4n) is 6.68. The van der Waals surface area contributed by atoms with Crippen LogP contribution in [0.15, 0.2) is 85.1 Å². The van der Waals surface area contributed by atoms with E-state index in [1.54, 1.807) is 0 Å². The molecule has 0 heterocycles. The summed E-state index contributed by atoms with van der Waals surface area (Å²) in [4.78, 5) is 25.2. The first kappa shape index (κ1) is 57.1. The van der Waals surface area contributed by atoms with Gasteiger partial charge in [-0.2, -0.15) is 0 Å². The standard InChI is InChI=1S/C55H94O5/c1-4-7-10-13-16-18-20-22-24-26-27-28-30-32-34-36-38-41-44-47-50-58-51-53(60-55(57)49-46-43-39-15-12-9-6-3)52-59-54(56)48-45-42-40-37-35-33-31-29-25-23-21-19-17-14-11-8-5-2/h7,10,16-19,22-25,27-28,32,34,53H,4-6,8-9,11-15,20-21,26,29-31,33,35-52H2,1-3H3/b10-7-,18-16-,19-17-,24-22-,25-23-,28-27-,34-32-. The molecule has 0 aliphatic heterocycles. The molecule has 5 heteroatoms. The van der Waals surface area contributed by atoms with Crippen molar-refractivity contribution < 1.29 is 23.8 Å². The van der Waals surface area contributed by atoms with Crippen LogP contribution in [0.2, 0.25) is 0 Å². The van der Waals surface area contributed by atoms with E-state index in [9.17, 15) is 9.59 Å². The highest BCUT2D eigenvalue weighted by Crippen LogP contribution is 2.13. The second kappa shape index (κ2) is 50.4. The van der Waals surface area contributed by atoms with Gasteiger partial charge in [-0.25, -0.2) is 0 Å². The van der Waals surface area contributed by atoms with E-state index in [0.29, 0.717) is 19.4 Å². The average Bonchev–Trinajstić information content (AvgIpc) is 3.25. The van der Waals surface area contributed by atoms with Crippen molar-refractivity contribution >= 4 is 11.9 Å². The molecule has 60 heavy (non-hydrogen) atoms. The Morgan fingerprint density at radius 3 is 1.23 bits per heavy atom. The molecule has 5 nitrogen and oxygen atoms in total. The molecule has 0 N–H and O–H groups in total. The van der Waals surface area contributed by atoms with Crippen molar-refractivity contribution in [1.29, 1.82) is 0 Å². The number of hydrogen-bond donors (Lipinski definition) is 0. The van der Waals surface area contributed by atoms with Gasteiger partial charge in [0, 0.05) is 19.4 Å². The summed E-state index contributed by atoms with van der Waals surface area (Å²) in [6.07, 6.45) is 66.0. The van der Waals surface area contributed by atoms with Gasteiger partial charge in [-0.05, 0) is 96.3 Å². The number of rotatable bonds is 45. The van der Waals surface area contributed by atoms with Crippen molar-refractivity contribution in [2.75, 3.05) is 19.8 Å². The van der Waals surface area contributed by atoms with Gasteiger partial charge in [0.15, 0.2) is 6.10 Å². The van der Waals surface area contributed by atoms with Crippen molar-refractivity contribution in [3.8, 4) is 0 Å². The zero-order valence-corrected chi connectivity index (χ0v) is 39.5. The highest BCUT2D eigenvalue weighted by atomic mass is 16.6. The number of hydrogen-bond acceptors (Lipinski definition) is 5. The number of esters is 2. The van der Waals surface area contributed by atoms with Gasteiger partial charge in [0.1, 0.15) is 6.61 Å². The summed E-state index contributed by atoms with van der Waals surface area (Å²) in [6.45, 7) is 7.59. The summed E-state index contributed by atoms with van der Waals surface area (Å²) >= 11 is 0. The highest BCUT2D eigenvalue weighted by molar-refractivity contribution is 5.70. The minimum absolute atomic E-state index is 0.0680. The molecule has 0 aromatic rings. The largest absolute Gasteiger partial charge is 0.462 e. The van der Waals surface area contributed by atoms with Crippen molar-refractivity contribution in [2.45, 2.75) is 232 Å². The van der Waals surface area contributed by atoms with Crippen LogP contribution in [0.1, 0.15) is 226 Å². The van der Waals surface area contributed by atoms with Crippen LogP contribution in [0, 0.1) is 0 Å². The summed E-state index contributed by atoms with van der Waals surface area (Å²) in [5, 5.41) is 0. The Bertz CT molecular complexity index is 1130. The van der Waals surface area contributed by atoms with E-state index in [1.807, 2.05) is 0 Å². The van der Waals surface area contributed by atoms with Gasteiger partial charge in [0.05, 0.1) is 6.61 Å². The average molecular weight is 835 g/mol. The number of carbonyl (C=O) groups is 2. The lowest BCUT2D eigenvalue weighted by Gasteiger charge is -2.18. The van der Waals surface area contributed by atoms with Crippen LogP contribution >= 0.6 is 0 Å². The topological polar surface area (TPSA) is 61.8 Å². The molecule has 0 aromatic carbocycles. The lowest BCUT2D eigenvalue weighted by Crippen LogP contribution is -2.30. The maximum absolute atomic E-state index is 12.7. The van der Waals surface area contributed by atoms with E-state index < -0.39 is 6.10 Å². The Balaban J connectivity index is 4.20. The molecule has 0 aliphatic carbocycles. The second-order valence-electron chi connectivity index (χ2n) is 16.3. The zero-order valence-electron chi connectivity index (χ0n) is 39.5.